The quantitative estimate of drug-likeness (QED) is 0.794. The van der Waals surface area contributed by atoms with E-state index in [1.807, 2.05) is 33.8 Å². The molecule has 24 heavy (non-hydrogen) atoms. The summed E-state index contributed by atoms with van der Waals surface area (Å²) < 4.78 is 5.38. The lowest BCUT2D eigenvalue weighted by Gasteiger charge is -2.40. The SMILES string of the molecule is CC1CN(C(=O)OC(C)(C)C)CCN1C(=O)c1ccc(C#N)cc1. The summed E-state index contributed by atoms with van der Waals surface area (Å²) >= 11 is 0. The summed E-state index contributed by atoms with van der Waals surface area (Å²) in [5.74, 6) is -0.0872. The van der Waals surface area contributed by atoms with Gasteiger partial charge < -0.3 is 14.5 Å². The predicted molar refractivity (Wildman–Crippen MR) is 89.5 cm³/mol. The maximum Gasteiger partial charge on any atom is 0.410 e. The number of hydrogen-bond acceptors (Lipinski definition) is 4. The van der Waals surface area contributed by atoms with Crippen molar-refractivity contribution < 1.29 is 14.3 Å². The van der Waals surface area contributed by atoms with E-state index in [1.165, 1.54) is 0 Å². The van der Waals surface area contributed by atoms with Gasteiger partial charge in [0.15, 0.2) is 0 Å². The van der Waals surface area contributed by atoms with Gasteiger partial charge in [-0.05, 0) is 52.0 Å². The molecule has 0 spiro atoms. The normalized spacial score (nSPS) is 18.0. The Balaban J connectivity index is 2.01. The van der Waals surface area contributed by atoms with Gasteiger partial charge in [-0.15, -0.1) is 0 Å². The van der Waals surface area contributed by atoms with Crippen molar-refractivity contribution in [1.29, 1.82) is 5.26 Å². The maximum atomic E-state index is 12.6. The second-order valence-corrected chi connectivity index (χ2v) is 6.96. The average molecular weight is 329 g/mol. The van der Waals surface area contributed by atoms with Crippen LogP contribution in [0.4, 0.5) is 4.79 Å². The highest BCUT2D eigenvalue weighted by molar-refractivity contribution is 5.94. The third kappa shape index (κ3) is 4.25. The zero-order valence-corrected chi connectivity index (χ0v) is 14.6. The summed E-state index contributed by atoms with van der Waals surface area (Å²) in [6, 6.07) is 8.52. The minimum atomic E-state index is -0.532. The van der Waals surface area contributed by atoms with Crippen LogP contribution in [0.5, 0.6) is 0 Å². The molecule has 1 unspecified atom stereocenters. The van der Waals surface area contributed by atoms with Gasteiger partial charge >= 0.3 is 6.09 Å². The molecular formula is C18H23N3O3. The molecule has 1 aromatic rings. The monoisotopic (exact) mass is 329 g/mol. The zero-order chi connectivity index (χ0) is 17.9. The van der Waals surface area contributed by atoms with E-state index >= 15 is 0 Å². The molecular weight excluding hydrogens is 306 g/mol. The largest absolute Gasteiger partial charge is 0.444 e. The first-order valence-electron chi connectivity index (χ1n) is 8.00. The second-order valence-electron chi connectivity index (χ2n) is 6.96. The number of amides is 2. The fourth-order valence-corrected chi connectivity index (χ4v) is 2.60. The Kier molecular flexibility index (Phi) is 5.13. The van der Waals surface area contributed by atoms with Crippen molar-refractivity contribution >= 4 is 12.0 Å². The Morgan fingerprint density at radius 3 is 2.33 bits per heavy atom. The van der Waals surface area contributed by atoms with Crippen molar-refractivity contribution in [3.05, 3.63) is 35.4 Å². The van der Waals surface area contributed by atoms with E-state index in [0.717, 1.165) is 0 Å². The van der Waals surface area contributed by atoms with Gasteiger partial charge in [-0.25, -0.2) is 4.79 Å². The van der Waals surface area contributed by atoms with Crippen LogP contribution in [-0.4, -0.2) is 53.1 Å². The molecule has 2 amide bonds. The Morgan fingerprint density at radius 2 is 1.83 bits per heavy atom. The second kappa shape index (κ2) is 6.91. The standard InChI is InChI=1S/C18H23N3O3/c1-13-12-20(17(23)24-18(2,3)4)9-10-21(13)16(22)15-7-5-14(11-19)6-8-15/h5-8,13H,9-10,12H2,1-4H3. The summed E-state index contributed by atoms with van der Waals surface area (Å²) in [6.45, 7) is 8.76. The maximum absolute atomic E-state index is 12.6. The van der Waals surface area contributed by atoms with Gasteiger partial charge in [-0.1, -0.05) is 0 Å². The zero-order valence-electron chi connectivity index (χ0n) is 14.6. The molecule has 0 N–H and O–H groups in total. The molecule has 6 nitrogen and oxygen atoms in total. The predicted octanol–water partition coefficient (Wildman–Crippen LogP) is 2.64. The molecule has 128 valence electrons. The molecule has 1 aromatic carbocycles. The number of ether oxygens (including phenoxy) is 1. The van der Waals surface area contributed by atoms with Crippen molar-refractivity contribution in [2.45, 2.75) is 39.3 Å². The van der Waals surface area contributed by atoms with Crippen molar-refractivity contribution in [3.8, 4) is 6.07 Å². The van der Waals surface area contributed by atoms with E-state index in [0.29, 0.717) is 30.8 Å². The number of carbonyl (C=O) groups is 2. The van der Waals surface area contributed by atoms with Crippen molar-refractivity contribution in [2.24, 2.45) is 0 Å². The van der Waals surface area contributed by atoms with Gasteiger partial charge in [-0.3, -0.25) is 4.79 Å². The van der Waals surface area contributed by atoms with Crippen LogP contribution in [0.1, 0.15) is 43.6 Å². The van der Waals surface area contributed by atoms with Gasteiger partial charge in [0.05, 0.1) is 11.6 Å². The van der Waals surface area contributed by atoms with E-state index < -0.39 is 5.60 Å². The van der Waals surface area contributed by atoms with Gasteiger partial charge in [0.25, 0.3) is 5.91 Å². The lowest BCUT2D eigenvalue weighted by molar-refractivity contribution is 0.00617. The summed E-state index contributed by atoms with van der Waals surface area (Å²) in [5, 5.41) is 8.82. The molecule has 0 aromatic heterocycles. The van der Waals surface area contributed by atoms with Crippen LogP contribution in [-0.2, 0) is 4.74 Å². The Morgan fingerprint density at radius 1 is 1.21 bits per heavy atom. The summed E-state index contributed by atoms with van der Waals surface area (Å²) in [5.41, 5.74) is 0.538. The highest BCUT2D eigenvalue weighted by Crippen LogP contribution is 2.17. The number of nitriles is 1. The molecule has 1 heterocycles. The Bertz CT molecular complexity index is 656. The van der Waals surface area contributed by atoms with Crippen molar-refractivity contribution in [2.75, 3.05) is 19.6 Å². The first-order chi connectivity index (χ1) is 11.2. The molecule has 0 aliphatic carbocycles. The number of rotatable bonds is 1. The number of piperazine rings is 1. The minimum Gasteiger partial charge on any atom is -0.444 e. The summed E-state index contributed by atoms with van der Waals surface area (Å²) in [6.07, 6.45) is -0.347. The van der Waals surface area contributed by atoms with E-state index in [2.05, 4.69) is 0 Å². The minimum absolute atomic E-state index is 0.0872. The van der Waals surface area contributed by atoms with Gasteiger partial charge in [0, 0.05) is 31.2 Å². The lowest BCUT2D eigenvalue weighted by Crippen LogP contribution is -2.56. The fourth-order valence-electron chi connectivity index (χ4n) is 2.60. The van der Waals surface area contributed by atoms with E-state index in [1.54, 1.807) is 34.1 Å². The summed E-state index contributed by atoms with van der Waals surface area (Å²) in [4.78, 5) is 28.2. The Labute approximate surface area is 142 Å². The first-order valence-corrected chi connectivity index (χ1v) is 8.00. The molecule has 1 aliphatic heterocycles. The molecule has 0 radical (unpaired) electrons. The van der Waals surface area contributed by atoms with E-state index in [9.17, 15) is 9.59 Å². The third-order valence-corrected chi connectivity index (χ3v) is 3.80. The number of hydrogen-bond donors (Lipinski definition) is 0. The molecule has 0 bridgehead atoms. The molecule has 1 saturated heterocycles. The first kappa shape index (κ1) is 17.8. The van der Waals surface area contributed by atoms with Gasteiger partial charge in [0.1, 0.15) is 5.60 Å². The molecule has 2 rings (SSSR count). The molecule has 0 saturated carbocycles. The van der Waals surface area contributed by atoms with Crippen molar-refractivity contribution in [1.82, 2.24) is 9.80 Å². The average Bonchev–Trinajstić information content (AvgIpc) is 2.52. The van der Waals surface area contributed by atoms with Crippen LogP contribution < -0.4 is 0 Å². The highest BCUT2D eigenvalue weighted by Gasteiger charge is 2.32. The summed E-state index contributed by atoms with van der Waals surface area (Å²) in [7, 11) is 0. The van der Waals surface area contributed by atoms with Crippen LogP contribution >= 0.6 is 0 Å². The molecule has 1 aliphatic rings. The van der Waals surface area contributed by atoms with Crippen molar-refractivity contribution in [3.63, 3.8) is 0 Å². The fraction of sp³-hybridized carbons (Fsp3) is 0.500. The third-order valence-electron chi connectivity index (χ3n) is 3.80. The topological polar surface area (TPSA) is 73.6 Å². The van der Waals surface area contributed by atoms with Gasteiger partial charge in [0.2, 0.25) is 0 Å². The van der Waals surface area contributed by atoms with Crippen LogP contribution in [0.3, 0.4) is 0 Å². The molecule has 6 heteroatoms. The highest BCUT2D eigenvalue weighted by atomic mass is 16.6. The Hall–Kier alpha value is -2.55. The van der Waals surface area contributed by atoms with E-state index in [-0.39, 0.29) is 18.0 Å². The molecule has 1 atom stereocenters. The number of benzene rings is 1. The van der Waals surface area contributed by atoms with Crippen LogP contribution in [0.2, 0.25) is 0 Å². The van der Waals surface area contributed by atoms with Crippen LogP contribution in [0.15, 0.2) is 24.3 Å². The molecule has 1 fully saturated rings. The van der Waals surface area contributed by atoms with Gasteiger partial charge in [-0.2, -0.15) is 5.26 Å². The van der Waals surface area contributed by atoms with Crippen LogP contribution in [0, 0.1) is 11.3 Å². The number of nitrogens with zero attached hydrogens (tertiary/aromatic N) is 3. The smallest absolute Gasteiger partial charge is 0.410 e. The number of carbonyl (C=O) groups excluding carboxylic acids is 2. The van der Waals surface area contributed by atoms with E-state index in [4.69, 9.17) is 10.00 Å². The van der Waals surface area contributed by atoms with Crippen LogP contribution in [0.25, 0.3) is 0 Å². The lowest BCUT2D eigenvalue weighted by atomic mass is 10.1.